The van der Waals surface area contributed by atoms with Gasteiger partial charge in [0.15, 0.2) is 0 Å². The third-order valence-corrected chi connectivity index (χ3v) is 5.29. The quantitative estimate of drug-likeness (QED) is 0.395. The molecule has 2 heterocycles. The summed E-state index contributed by atoms with van der Waals surface area (Å²) in [7, 11) is -2.22. The molecule has 0 saturated carbocycles. The number of hydrogen-bond donors (Lipinski definition) is 3. The van der Waals surface area contributed by atoms with Crippen molar-refractivity contribution in [3.8, 4) is 0 Å². The second-order valence-electron chi connectivity index (χ2n) is 5.94. The van der Waals surface area contributed by atoms with Gasteiger partial charge in [0, 0.05) is 12.4 Å². The highest BCUT2D eigenvalue weighted by Crippen LogP contribution is 2.44. The smallest absolute Gasteiger partial charge is 0.380 e. The van der Waals surface area contributed by atoms with E-state index < -0.39 is 33.7 Å². The lowest BCUT2D eigenvalue weighted by molar-refractivity contribution is 0.0149. The average molecular weight is 384 g/mol. The largest absolute Gasteiger partial charge is 0.403 e. The Morgan fingerprint density at radius 2 is 1.83 bits per heavy atom. The van der Waals surface area contributed by atoms with Crippen molar-refractivity contribution in [1.29, 1.82) is 0 Å². The van der Waals surface area contributed by atoms with Crippen LogP contribution in [0.3, 0.4) is 0 Å². The van der Waals surface area contributed by atoms with E-state index in [9.17, 15) is 9.13 Å². The molecule has 0 aromatic rings. The topological polar surface area (TPSA) is 153 Å². The fraction of sp³-hybridized carbons (Fsp3) is 1.00. The van der Waals surface area contributed by atoms with Gasteiger partial charge in [-0.05, 0) is 19.8 Å². The van der Waals surface area contributed by atoms with Gasteiger partial charge in [0.25, 0.3) is 0 Å². The Bertz CT molecular complexity index is 520. The Morgan fingerprint density at radius 1 is 1.17 bits per heavy atom. The Labute approximate surface area is 142 Å². The first kappa shape index (κ1) is 20.5. The first-order valence-corrected chi connectivity index (χ1v) is 10.8. The van der Waals surface area contributed by atoms with Gasteiger partial charge in [-0.25, -0.2) is 20.1 Å². The van der Waals surface area contributed by atoms with E-state index in [1.54, 1.807) is 0 Å². The van der Waals surface area contributed by atoms with Gasteiger partial charge in [0.2, 0.25) is 0 Å². The molecule has 2 radical (unpaired) electrons. The van der Waals surface area contributed by atoms with Crippen molar-refractivity contribution in [2.24, 2.45) is 11.0 Å². The molecule has 0 amide bonds. The van der Waals surface area contributed by atoms with Crippen LogP contribution in [-0.2, 0) is 32.2 Å². The van der Waals surface area contributed by atoms with Crippen LogP contribution in [0.4, 0.5) is 0 Å². The Hall–Kier alpha value is 0.205. The maximum atomic E-state index is 12.2. The van der Waals surface area contributed by atoms with E-state index in [1.165, 1.54) is 0 Å². The third-order valence-electron chi connectivity index (χ3n) is 3.70. The molecule has 2 aliphatic rings. The summed E-state index contributed by atoms with van der Waals surface area (Å²) in [4.78, 5) is 8.89. The standard InChI is InChI=1S/C11H23BN2O8P2/c1-7-2-3-8(20-7)5-19-24(14,17)22-10-4-9(21-11(10)12)6-18-23(13,15)16/h7-11H,2-6H2,1H3,(H2,14,17)(H3,13,15,16)/t7-,8-,9-,10+,11+,24?/m0/s1. The van der Waals surface area contributed by atoms with Crippen LogP contribution in [0.5, 0.6) is 0 Å². The molecule has 0 aromatic carbocycles. The molecule has 0 aromatic heterocycles. The van der Waals surface area contributed by atoms with Crippen LogP contribution in [0.2, 0.25) is 0 Å². The first-order valence-electron chi connectivity index (χ1n) is 7.58. The molecule has 138 valence electrons. The van der Waals surface area contributed by atoms with Crippen LogP contribution in [0.1, 0.15) is 26.2 Å². The predicted octanol–water partition coefficient (Wildman–Crippen LogP) is 0.382. The van der Waals surface area contributed by atoms with Gasteiger partial charge in [-0.1, -0.05) is 0 Å². The SMILES string of the molecule is [B][C@@H]1O[C@H](COP(N)(=O)O)C[C@H]1OP(N)(=O)OC[C@@H]1CC[C@H](C)O1. The van der Waals surface area contributed by atoms with Crippen molar-refractivity contribution in [1.82, 2.24) is 0 Å². The van der Waals surface area contributed by atoms with E-state index in [-0.39, 0.29) is 31.8 Å². The molecule has 2 fully saturated rings. The van der Waals surface area contributed by atoms with Crippen molar-refractivity contribution in [2.75, 3.05) is 13.2 Å². The van der Waals surface area contributed by atoms with Crippen molar-refractivity contribution in [3.63, 3.8) is 0 Å². The highest BCUT2D eigenvalue weighted by molar-refractivity contribution is 7.51. The molecular formula is C11H23BN2O8P2. The lowest BCUT2D eigenvalue weighted by Crippen LogP contribution is -2.26. The van der Waals surface area contributed by atoms with E-state index in [0.717, 1.165) is 12.8 Å². The van der Waals surface area contributed by atoms with E-state index >= 15 is 0 Å². The van der Waals surface area contributed by atoms with Crippen LogP contribution in [-0.4, -0.2) is 56.4 Å². The Balaban J connectivity index is 1.76. The van der Waals surface area contributed by atoms with Crippen molar-refractivity contribution in [3.05, 3.63) is 0 Å². The molecule has 2 unspecified atom stereocenters. The van der Waals surface area contributed by atoms with Gasteiger partial charge >= 0.3 is 15.5 Å². The maximum Gasteiger partial charge on any atom is 0.403 e. The molecule has 2 saturated heterocycles. The molecule has 24 heavy (non-hydrogen) atoms. The summed E-state index contributed by atoms with van der Waals surface area (Å²) in [6.07, 6.45) is 0.414. The average Bonchev–Trinajstić information content (AvgIpc) is 3.00. The molecule has 2 aliphatic heterocycles. The third kappa shape index (κ3) is 6.84. The molecule has 7 atom stereocenters. The second kappa shape index (κ2) is 8.27. The van der Waals surface area contributed by atoms with E-state index in [2.05, 4.69) is 4.52 Å². The highest BCUT2D eigenvalue weighted by atomic mass is 31.2. The van der Waals surface area contributed by atoms with Crippen LogP contribution >= 0.6 is 15.5 Å². The summed E-state index contributed by atoms with van der Waals surface area (Å²) in [6, 6.07) is -0.919. The predicted molar refractivity (Wildman–Crippen MR) is 85.2 cm³/mol. The number of hydrogen-bond acceptors (Lipinski definition) is 7. The minimum atomic E-state index is -4.11. The zero-order chi connectivity index (χ0) is 18.0. The molecule has 5 N–H and O–H groups in total. The molecule has 0 aliphatic carbocycles. The zero-order valence-electron chi connectivity index (χ0n) is 13.4. The summed E-state index contributed by atoms with van der Waals surface area (Å²) in [5.74, 6) is 0. The second-order valence-corrected chi connectivity index (χ2v) is 8.88. The highest BCUT2D eigenvalue weighted by Gasteiger charge is 2.38. The molecule has 13 heteroatoms. The summed E-state index contributed by atoms with van der Waals surface area (Å²) >= 11 is 0. The first-order chi connectivity index (χ1) is 11.0. The van der Waals surface area contributed by atoms with Crippen molar-refractivity contribution in [2.45, 2.75) is 56.6 Å². The monoisotopic (exact) mass is 384 g/mol. The van der Waals surface area contributed by atoms with Gasteiger partial charge in [0.05, 0.1) is 37.6 Å². The minimum Gasteiger partial charge on any atom is -0.380 e. The van der Waals surface area contributed by atoms with Crippen LogP contribution < -0.4 is 11.0 Å². The van der Waals surface area contributed by atoms with Crippen molar-refractivity contribution >= 4 is 23.3 Å². The number of ether oxygens (including phenoxy) is 2. The fourth-order valence-electron chi connectivity index (χ4n) is 2.57. The van der Waals surface area contributed by atoms with Crippen molar-refractivity contribution < 1.29 is 37.1 Å². The fourth-order valence-corrected chi connectivity index (χ4v) is 3.97. The van der Waals surface area contributed by atoms with E-state index in [4.69, 9.17) is 42.3 Å². The number of nitrogens with two attached hydrogens (primary N) is 2. The zero-order valence-corrected chi connectivity index (χ0v) is 15.1. The molecule has 0 spiro atoms. The molecule has 10 nitrogen and oxygen atoms in total. The van der Waals surface area contributed by atoms with E-state index in [0.29, 0.717) is 0 Å². The summed E-state index contributed by atoms with van der Waals surface area (Å²) in [6.45, 7) is 1.76. The summed E-state index contributed by atoms with van der Waals surface area (Å²) < 4.78 is 48.9. The van der Waals surface area contributed by atoms with Gasteiger partial charge in [-0.2, -0.15) is 0 Å². The maximum absolute atomic E-state index is 12.2. The molecule has 2 rings (SSSR count). The normalized spacial score (nSPS) is 38.8. The lowest BCUT2D eigenvalue weighted by atomic mass is 9.95. The van der Waals surface area contributed by atoms with Gasteiger partial charge in [0.1, 0.15) is 7.85 Å². The van der Waals surface area contributed by atoms with Crippen LogP contribution in [0.15, 0.2) is 0 Å². The van der Waals surface area contributed by atoms with Crippen LogP contribution in [0.25, 0.3) is 0 Å². The lowest BCUT2D eigenvalue weighted by Gasteiger charge is -2.21. The van der Waals surface area contributed by atoms with Gasteiger partial charge in [-0.3, -0.25) is 13.6 Å². The minimum absolute atomic E-state index is 0.0638. The van der Waals surface area contributed by atoms with E-state index in [1.807, 2.05) is 6.92 Å². The van der Waals surface area contributed by atoms with Gasteiger partial charge < -0.3 is 14.4 Å². The van der Waals surface area contributed by atoms with Gasteiger partial charge in [-0.15, -0.1) is 0 Å². The Morgan fingerprint density at radius 3 is 2.42 bits per heavy atom. The molecular weight excluding hydrogens is 361 g/mol. The Kier molecular flexibility index (Phi) is 7.07. The van der Waals surface area contributed by atoms with Crippen LogP contribution in [0, 0.1) is 0 Å². The summed E-state index contributed by atoms with van der Waals surface area (Å²) in [5, 5.41) is 0. The number of rotatable bonds is 8. The summed E-state index contributed by atoms with van der Waals surface area (Å²) in [5.41, 5.74) is 10.4. The molecule has 0 bridgehead atoms.